The average Bonchev–Trinajstić information content (AvgIpc) is 3.53. The second kappa shape index (κ2) is 9.92. The Morgan fingerprint density at radius 1 is 0.844 bits per heavy atom. The number of ether oxygens (including phenoxy) is 2. The van der Waals surface area contributed by atoms with Gasteiger partial charge in [-0.25, -0.2) is 0 Å². The van der Waals surface area contributed by atoms with Crippen LogP contribution in [0.1, 0.15) is 75.9 Å². The lowest BCUT2D eigenvalue weighted by atomic mass is 9.74. The molecule has 0 bridgehead atoms. The molecule has 1 saturated heterocycles. The fraction of sp³-hybridized carbons (Fsp3) is 0.741. The first kappa shape index (κ1) is 22.5. The molecular weight excluding hydrogens is 404 g/mol. The Kier molecular flexibility index (Phi) is 6.98. The number of benzene rings is 1. The molecule has 5 nitrogen and oxygen atoms in total. The molecule has 6 unspecified atom stereocenters. The Bertz CT molecular complexity index is 753. The number of hydrogen-bond acceptors (Lipinski definition) is 5. The average molecular weight is 443 g/mol. The van der Waals surface area contributed by atoms with Crippen LogP contribution in [0.4, 0.5) is 0 Å². The zero-order chi connectivity index (χ0) is 22.1. The molecule has 6 atom stereocenters. The van der Waals surface area contributed by atoms with Crippen molar-refractivity contribution in [1.29, 1.82) is 0 Å². The number of carbonyl (C=O) groups is 1. The molecule has 4 fully saturated rings. The highest BCUT2D eigenvalue weighted by Crippen LogP contribution is 2.47. The van der Waals surface area contributed by atoms with E-state index in [-0.39, 0.29) is 35.7 Å². The van der Waals surface area contributed by atoms with Gasteiger partial charge in [0, 0.05) is 17.8 Å². The minimum atomic E-state index is -0.937. The normalized spacial score (nSPS) is 37.7. The minimum Gasteiger partial charge on any atom is -0.388 e. The number of carbonyl (C=O) groups excluding carboxylic acids is 1. The fourth-order valence-electron chi connectivity index (χ4n) is 7.15. The number of fused-ring (bicyclic) bond motifs is 1. The predicted octanol–water partition coefficient (Wildman–Crippen LogP) is 4.41. The summed E-state index contributed by atoms with van der Waals surface area (Å²) in [6.45, 7) is 0.294. The Balaban J connectivity index is 1.17. The standard InChI is InChI=1S/C27H38O5/c28-23(17-6-2-1-3-7-17)18-10-12-19(13-11-18)24(29)25(30)21-14-15-22-26(20-8-4-5-9-20)31-16-32-27(21)22/h1-3,6-7,18-23,25-28,30H,4-5,8-16H2. The van der Waals surface area contributed by atoms with Gasteiger partial charge in [-0.3, -0.25) is 4.79 Å². The molecule has 3 saturated carbocycles. The van der Waals surface area contributed by atoms with Crippen molar-refractivity contribution in [3.63, 3.8) is 0 Å². The molecule has 0 spiro atoms. The summed E-state index contributed by atoms with van der Waals surface area (Å²) in [5.41, 5.74) is 0.952. The molecule has 32 heavy (non-hydrogen) atoms. The zero-order valence-electron chi connectivity index (χ0n) is 19.0. The second-order valence-electron chi connectivity index (χ2n) is 10.6. The Labute approximate surface area is 191 Å². The van der Waals surface area contributed by atoms with E-state index in [9.17, 15) is 15.0 Å². The molecule has 1 aromatic rings. The summed E-state index contributed by atoms with van der Waals surface area (Å²) in [4.78, 5) is 13.2. The summed E-state index contributed by atoms with van der Waals surface area (Å²) in [7, 11) is 0. The monoisotopic (exact) mass is 442 g/mol. The van der Waals surface area contributed by atoms with Crippen LogP contribution >= 0.6 is 0 Å². The van der Waals surface area contributed by atoms with E-state index in [0.29, 0.717) is 18.6 Å². The molecular formula is C27H38O5. The first-order chi connectivity index (χ1) is 15.6. The maximum absolute atomic E-state index is 13.2. The summed E-state index contributed by atoms with van der Waals surface area (Å²) in [5.74, 6) is 0.901. The molecule has 5 heteroatoms. The van der Waals surface area contributed by atoms with Gasteiger partial charge in [0.2, 0.25) is 0 Å². The highest BCUT2D eigenvalue weighted by atomic mass is 16.7. The quantitative estimate of drug-likeness (QED) is 0.682. The fourth-order valence-corrected chi connectivity index (χ4v) is 7.15. The first-order valence-corrected chi connectivity index (χ1v) is 12.8. The molecule has 0 amide bonds. The van der Waals surface area contributed by atoms with Gasteiger partial charge in [-0.05, 0) is 68.8 Å². The van der Waals surface area contributed by atoms with E-state index in [1.807, 2.05) is 30.3 Å². The van der Waals surface area contributed by atoms with Crippen molar-refractivity contribution in [3.8, 4) is 0 Å². The van der Waals surface area contributed by atoms with Crippen molar-refractivity contribution in [1.82, 2.24) is 0 Å². The van der Waals surface area contributed by atoms with Crippen molar-refractivity contribution >= 4 is 5.78 Å². The highest BCUT2D eigenvalue weighted by molar-refractivity contribution is 5.85. The Morgan fingerprint density at radius 2 is 1.53 bits per heavy atom. The van der Waals surface area contributed by atoms with Crippen LogP contribution in [0, 0.1) is 29.6 Å². The molecule has 5 rings (SSSR count). The zero-order valence-corrected chi connectivity index (χ0v) is 19.0. The van der Waals surface area contributed by atoms with Crippen molar-refractivity contribution in [2.24, 2.45) is 29.6 Å². The van der Waals surface area contributed by atoms with Gasteiger partial charge in [-0.1, -0.05) is 43.2 Å². The topological polar surface area (TPSA) is 76.0 Å². The number of Topliss-reactive ketones (excluding diaryl/α,β-unsaturated/α-hetero) is 1. The van der Waals surface area contributed by atoms with Crippen LogP contribution in [-0.4, -0.2) is 41.1 Å². The maximum Gasteiger partial charge on any atom is 0.164 e. The Morgan fingerprint density at radius 3 is 2.25 bits per heavy atom. The van der Waals surface area contributed by atoms with E-state index in [2.05, 4.69) is 0 Å². The molecule has 176 valence electrons. The largest absolute Gasteiger partial charge is 0.388 e. The van der Waals surface area contributed by atoms with Crippen LogP contribution in [0.5, 0.6) is 0 Å². The third-order valence-corrected chi connectivity index (χ3v) is 8.94. The van der Waals surface area contributed by atoms with Gasteiger partial charge in [-0.2, -0.15) is 0 Å². The molecule has 4 aliphatic rings. The highest BCUT2D eigenvalue weighted by Gasteiger charge is 2.51. The number of aliphatic hydroxyl groups excluding tert-OH is 2. The molecule has 1 heterocycles. The van der Waals surface area contributed by atoms with E-state index in [4.69, 9.17) is 9.47 Å². The lowest BCUT2D eigenvalue weighted by Crippen LogP contribution is -2.48. The summed E-state index contributed by atoms with van der Waals surface area (Å²) in [6, 6.07) is 9.80. The molecule has 3 aliphatic carbocycles. The lowest BCUT2D eigenvalue weighted by Gasteiger charge is -2.40. The van der Waals surface area contributed by atoms with Crippen molar-refractivity contribution in [2.75, 3.05) is 6.79 Å². The summed E-state index contributed by atoms with van der Waals surface area (Å²) >= 11 is 0. The number of aliphatic hydroxyl groups is 2. The van der Waals surface area contributed by atoms with Gasteiger partial charge in [0.1, 0.15) is 12.9 Å². The van der Waals surface area contributed by atoms with Gasteiger partial charge in [0.15, 0.2) is 5.78 Å². The van der Waals surface area contributed by atoms with Crippen molar-refractivity contribution < 1.29 is 24.5 Å². The van der Waals surface area contributed by atoms with Crippen molar-refractivity contribution in [2.45, 2.75) is 88.6 Å². The number of ketones is 1. The third-order valence-electron chi connectivity index (χ3n) is 8.94. The van der Waals surface area contributed by atoms with E-state index in [1.54, 1.807) is 0 Å². The summed E-state index contributed by atoms with van der Waals surface area (Å²) in [6.07, 6.45) is 8.79. The van der Waals surface area contributed by atoms with Crippen LogP contribution in [0.25, 0.3) is 0 Å². The second-order valence-corrected chi connectivity index (χ2v) is 10.6. The Hall–Kier alpha value is -1.27. The summed E-state index contributed by atoms with van der Waals surface area (Å²) in [5, 5.41) is 21.8. The van der Waals surface area contributed by atoms with E-state index in [1.165, 1.54) is 25.7 Å². The van der Waals surface area contributed by atoms with Gasteiger partial charge < -0.3 is 19.7 Å². The van der Waals surface area contributed by atoms with Crippen LogP contribution in [-0.2, 0) is 14.3 Å². The molecule has 1 aliphatic heterocycles. The van der Waals surface area contributed by atoms with Crippen LogP contribution in [0.15, 0.2) is 30.3 Å². The van der Waals surface area contributed by atoms with Gasteiger partial charge in [0.25, 0.3) is 0 Å². The lowest BCUT2D eigenvalue weighted by molar-refractivity contribution is -0.226. The van der Waals surface area contributed by atoms with Gasteiger partial charge in [0.05, 0.1) is 18.3 Å². The molecule has 0 aromatic heterocycles. The van der Waals surface area contributed by atoms with E-state index in [0.717, 1.165) is 44.1 Å². The first-order valence-electron chi connectivity index (χ1n) is 12.8. The number of hydrogen-bond donors (Lipinski definition) is 2. The number of rotatable bonds is 6. The molecule has 1 aromatic carbocycles. The van der Waals surface area contributed by atoms with Crippen molar-refractivity contribution in [3.05, 3.63) is 35.9 Å². The third kappa shape index (κ3) is 4.42. The van der Waals surface area contributed by atoms with E-state index < -0.39 is 12.2 Å². The van der Waals surface area contributed by atoms with Crippen LogP contribution in [0.3, 0.4) is 0 Å². The SMILES string of the molecule is O=C(C1CCC(C(O)c2ccccc2)CC1)C(O)C1CCC2C(C3CCCC3)OCOC12. The smallest absolute Gasteiger partial charge is 0.164 e. The minimum absolute atomic E-state index is 0.00388. The predicted molar refractivity (Wildman–Crippen MR) is 121 cm³/mol. The molecule has 2 N–H and O–H groups in total. The maximum atomic E-state index is 13.2. The van der Waals surface area contributed by atoms with E-state index >= 15 is 0 Å². The summed E-state index contributed by atoms with van der Waals surface area (Å²) < 4.78 is 12.0. The van der Waals surface area contributed by atoms with Gasteiger partial charge >= 0.3 is 0 Å². The van der Waals surface area contributed by atoms with Gasteiger partial charge in [-0.15, -0.1) is 0 Å². The molecule has 0 radical (unpaired) electrons. The van der Waals surface area contributed by atoms with Crippen LogP contribution in [0.2, 0.25) is 0 Å². The van der Waals surface area contributed by atoms with Crippen LogP contribution < -0.4 is 0 Å².